The van der Waals surface area contributed by atoms with Crippen molar-refractivity contribution in [1.29, 1.82) is 0 Å². The zero-order valence-electron chi connectivity index (χ0n) is 8.61. The first kappa shape index (κ1) is 11.2. The highest BCUT2D eigenvalue weighted by Gasteiger charge is 2.17. The topological polar surface area (TPSA) is 55.6 Å². The molecule has 0 aromatic rings. The second-order valence-corrected chi connectivity index (χ2v) is 3.46. The molecular formula is C10H18N2O2. The van der Waals surface area contributed by atoms with Gasteiger partial charge in [-0.15, -0.1) is 0 Å². The van der Waals surface area contributed by atoms with E-state index in [2.05, 4.69) is 4.90 Å². The van der Waals surface area contributed by atoms with Gasteiger partial charge in [-0.3, -0.25) is 4.90 Å². The van der Waals surface area contributed by atoms with Gasteiger partial charge in [-0.25, -0.2) is 4.79 Å². The highest BCUT2D eigenvalue weighted by Crippen LogP contribution is 2.05. The van der Waals surface area contributed by atoms with Gasteiger partial charge in [0, 0.05) is 31.8 Å². The maximum absolute atomic E-state index is 10.9. The van der Waals surface area contributed by atoms with Crippen LogP contribution in [0.5, 0.6) is 0 Å². The summed E-state index contributed by atoms with van der Waals surface area (Å²) in [7, 11) is 0. The normalized spacial score (nSPS) is 23.1. The zero-order chi connectivity index (χ0) is 10.4. The standard InChI is InChI=1S/C10H18N2O2/c1-2-14-10(13)4-3-6-12-7-5-9(11)8-12/h3-4,9H,2,5-8,11H2,1H3/b4-3+/t9-/m0/s1. The van der Waals surface area contributed by atoms with Gasteiger partial charge in [0.15, 0.2) is 0 Å². The summed E-state index contributed by atoms with van der Waals surface area (Å²) in [6.45, 7) is 4.96. The number of esters is 1. The highest BCUT2D eigenvalue weighted by molar-refractivity contribution is 5.81. The molecule has 1 rings (SSSR count). The lowest BCUT2D eigenvalue weighted by molar-refractivity contribution is -0.137. The fraction of sp³-hybridized carbons (Fsp3) is 0.700. The van der Waals surface area contributed by atoms with Crippen LogP contribution in [0.15, 0.2) is 12.2 Å². The fourth-order valence-corrected chi connectivity index (χ4v) is 1.52. The van der Waals surface area contributed by atoms with Crippen molar-refractivity contribution in [2.45, 2.75) is 19.4 Å². The first-order valence-electron chi connectivity index (χ1n) is 5.03. The molecule has 0 spiro atoms. The van der Waals surface area contributed by atoms with Gasteiger partial charge < -0.3 is 10.5 Å². The van der Waals surface area contributed by atoms with Crippen LogP contribution in [-0.4, -0.2) is 43.2 Å². The molecule has 1 aliphatic heterocycles. The molecule has 1 atom stereocenters. The van der Waals surface area contributed by atoms with E-state index in [0.29, 0.717) is 12.6 Å². The molecule has 0 aromatic heterocycles. The second kappa shape index (κ2) is 5.78. The van der Waals surface area contributed by atoms with Crippen LogP contribution >= 0.6 is 0 Å². The van der Waals surface area contributed by atoms with E-state index in [1.165, 1.54) is 6.08 Å². The lowest BCUT2D eigenvalue weighted by Crippen LogP contribution is -2.26. The predicted molar refractivity (Wildman–Crippen MR) is 54.8 cm³/mol. The SMILES string of the molecule is CCOC(=O)/C=C/CN1CC[C@H](N)C1. The molecule has 0 aliphatic carbocycles. The van der Waals surface area contributed by atoms with Crippen molar-refractivity contribution in [1.82, 2.24) is 4.90 Å². The summed E-state index contributed by atoms with van der Waals surface area (Å²) in [5.41, 5.74) is 5.75. The minimum atomic E-state index is -0.268. The number of hydrogen-bond acceptors (Lipinski definition) is 4. The number of carbonyl (C=O) groups excluding carboxylic acids is 1. The number of nitrogens with zero attached hydrogens (tertiary/aromatic N) is 1. The Kier molecular flexibility index (Phi) is 4.62. The molecule has 4 nitrogen and oxygen atoms in total. The van der Waals surface area contributed by atoms with Crippen molar-refractivity contribution >= 4 is 5.97 Å². The molecule has 1 fully saturated rings. The van der Waals surface area contributed by atoms with E-state index >= 15 is 0 Å². The van der Waals surface area contributed by atoms with Crippen molar-refractivity contribution in [3.63, 3.8) is 0 Å². The Hall–Kier alpha value is -0.870. The summed E-state index contributed by atoms with van der Waals surface area (Å²) in [6.07, 6.45) is 4.36. The van der Waals surface area contributed by atoms with E-state index in [1.54, 1.807) is 6.92 Å². The number of likely N-dealkylation sites (tertiary alicyclic amines) is 1. The van der Waals surface area contributed by atoms with E-state index in [-0.39, 0.29) is 5.97 Å². The largest absolute Gasteiger partial charge is 0.463 e. The Morgan fingerprint density at radius 3 is 3.07 bits per heavy atom. The van der Waals surface area contributed by atoms with Crippen LogP contribution in [0, 0.1) is 0 Å². The third kappa shape index (κ3) is 3.89. The molecule has 14 heavy (non-hydrogen) atoms. The summed E-state index contributed by atoms with van der Waals surface area (Å²) in [4.78, 5) is 13.2. The minimum Gasteiger partial charge on any atom is -0.463 e. The Morgan fingerprint density at radius 2 is 2.50 bits per heavy atom. The van der Waals surface area contributed by atoms with Crippen LogP contribution in [0.1, 0.15) is 13.3 Å². The number of rotatable bonds is 4. The minimum absolute atomic E-state index is 0.268. The van der Waals surface area contributed by atoms with Gasteiger partial charge in [-0.05, 0) is 13.3 Å². The Bertz CT molecular complexity index is 216. The van der Waals surface area contributed by atoms with Crippen molar-refractivity contribution in [3.8, 4) is 0 Å². The first-order valence-corrected chi connectivity index (χ1v) is 5.03. The molecule has 0 saturated carbocycles. The van der Waals surface area contributed by atoms with E-state index < -0.39 is 0 Å². The third-order valence-electron chi connectivity index (χ3n) is 2.21. The predicted octanol–water partition coefficient (Wildman–Crippen LogP) is 0.139. The Balaban J connectivity index is 2.16. The average Bonchev–Trinajstić information content (AvgIpc) is 2.52. The Morgan fingerprint density at radius 1 is 1.71 bits per heavy atom. The van der Waals surface area contributed by atoms with Crippen LogP contribution in [0.4, 0.5) is 0 Å². The van der Waals surface area contributed by atoms with Gasteiger partial charge in [0.1, 0.15) is 0 Å². The molecule has 80 valence electrons. The van der Waals surface area contributed by atoms with E-state index in [0.717, 1.165) is 26.1 Å². The Labute approximate surface area is 84.7 Å². The molecule has 0 bridgehead atoms. The highest BCUT2D eigenvalue weighted by atomic mass is 16.5. The zero-order valence-corrected chi connectivity index (χ0v) is 8.61. The van der Waals surface area contributed by atoms with E-state index in [1.807, 2.05) is 6.08 Å². The van der Waals surface area contributed by atoms with Crippen LogP contribution in [-0.2, 0) is 9.53 Å². The van der Waals surface area contributed by atoms with Crippen molar-refractivity contribution in [2.24, 2.45) is 5.73 Å². The smallest absolute Gasteiger partial charge is 0.330 e. The van der Waals surface area contributed by atoms with Crippen LogP contribution in [0.25, 0.3) is 0 Å². The van der Waals surface area contributed by atoms with Gasteiger partial charge in [0.2, 0.25) is 0 Å². The lowest BCUT2D eigenvalue weighted by atomic mass is 10.3. The average molecular weight is 198 g/mol. The van der Waals surface area contributed by atoms with Crippen molar-refractivity contribution in [3.05, 3.63) is 12.2 Å². The molecule has 0 aromatic carbocycles. The van der Waals surface area contributed by atoms with Gasteiger partial charge in [0.05, 0.1) is 6.61 Å². The molecule has 0 amide bonds. The number of hydrogen-bond donors (Lipinski definition) is 1. The first-order chi connectivity index (χ1) is 6.72. The fourth-order valence-electron chi connectivity index (χ4n) is 1.52. The summed E-state index contributed by atoms with van der Waals surface area (Å²) in [5.74, 6) is -0.268. The third-order valence-corrected chi connectivity index (χ3v) is 2.21. The van der Waals surface area contributed by atoms with Crippen molar-refractivity contribution < 1.29 is 9.53 Å². The summed E-state index contributed by atoms with van der Waals surface area (Å²) >= 11 is 0. The number of nitrogens with two attached hydrogens (primary N) is 1. The second-order valence-electron chi connectivity index (χ2n) is 3.46. The monoisotopic (exact) mass is 198 g/mol. The molecule has 1 saturated heterocycles. The molecule has 1 heterocycles. The molecule has 1 aliphatic rings. The lowest BCUT2D eigenvalue weighted by Gasteiger charge is -2.11. The van der Waals surface area contributed by atoms with Gasteiger partial charge in [-0.1, -0.05) is 6.08 Å². The maximum Gasteiger partial charge on any atom is 0.330 e. The van der Waals surface area contributed by atoms with Gasteiger partial charge in [-0.2, -0.15) is 0 Å². The molecule has 0 unspecified atom stereocenters. The molecule has 0 radical (unpaired) electrons. The number of carbonyl (C=O) groups is 1. The summed E-state index contributed by atoms with van der Waals surface area (Å²) in [6, 6.07) is 0.297. The van der Waals surface area contributed by atoms with Gasteiger partial charge >= 0.3 is 5.97 Å². The van der Waals surface area contributed by atoms with Crippen molar-refractivity contribution in [2.75, 3.05) is 26.2 Å². The molecule has 4 heteroatoms. The maximum atomic E-state index is 10.9. The van der Waals surface area contributed by atoms with E-state index in [9.17, 15) is 4.79 Å². The summed E-state index contributed by atoms with van der Waals surface area (Å²) in [5, 5.41) is 0. The van der Waals surface area contributed by atoms with Crippen LogP contribution < -0.4 is 5.73 Å². The molecule has 2 N–H and O–H groups in total. The van der Waals surface area contributed by atoms with E-state index in [4.69, 9.17) is 10.5 Å². The summed E-state index contributed by atoms with van der Waals surface area (Å²) < 4.78 is 4.76. The van der Waals surface area contributed by atoms with Crippen LogP contribution in [0.2, 0.25) is 0 Å². The van der Waals surface area contributed by atoms with Crippen LogP contribution in [0.3, 0.4) is 0 Å². The molecular weight excluding hydrogens is 180 g/mol. The number of ether oxygens (including phenoxy) is 1. The van der Waals surface area contributed by atoms with Gasteiger partial charge in [0.25, 0.3) is 0 Å². The quantitative estimate of drug-likeness (QED) is 0.515.